The van der Waals surface area contributed by atoms with Gasteiger partial charge in [-0.25, -0.2) is 4.52 Å². The zero-order valence-electron chi connectivity index (χ0n) is 22.3. The molecule has 1 unspecified atom stereocenters. The summed E-state index contributed by atoms with van der Waals surface area (Å²) in [4.78, 5) is 18.9. The lowest BCUT2D eigenvalue weighted by Crippen LogP contribution is -2.58. The van der Waals surface area contributed by atoms with E-state index < -0.39 is 0 Å². The molecule has 10 nitrogen and oxygen atoms in total. The fraction of sp³-hybridized carbons (Fsp3) is 0.429. The second kappa shape index (κ2) is 10.3. The zero-order valence-corrected chi connectivity index (χ0v) is 23.1. The molecule has 4 aromatic rings. The quantitative estimate of drug-likeness (QED) is 0.369. The van der Waals surface area contributed by atoms with E-state index in [0.29, 0.717) is 17.4 Å². The molecule has 2 N–H and O–H groups in total. The summed E-state index contributed by atoms with van der Waals surface area (Å²) < 4.78 is 1.80. The van der Waals surface area contributed by atoms with Crippen molar-refractivity contribution >= 4 is 33.6 Å². The number of hydrogen-bond donors (Lipinski definition) is 2. The Kier molecular flexibility index (Phi) is 6.64. The van der Waals surface area contributed by atoms with Crippen LogP contribution in [-0.2, 0) is 4.79 Å². The molecule has 11 heteroatoms. The van der Waals surface area contributed by atoms with Gasteiger partial charge in [0.15, 0.2) is 5.01 Å². The molecule has 4 aromatic heterocycles. The SMILES string of the molecule is CC(=O)NC1[C@@H]2CCC[C@H]1CN(c1nnc(-c3cnc(-c4ccc5cc(C#N)cnn45)cc3NC(C)C)s1)C2. The summed E-state index contributed by atoms with van der Waals surface area (Å²) in [5, 5.41) is 31.3. The number of nitrogens with zero attached hydrogens (tertiary/aromatic N) is 7. The first kappa shape index (κ1) is 25.2. The van der Waals surface area contributed by atoms with E-state index in [-0.39, 0.29) is 18.0 Å². The van der Waals surface area contributed by atoms with Crippen molar-refractivity contribution in [2.45, 2.75) is 52.1 Å². The number of fused-ring (bicyclic) bond motifs is 3. The lowest BCUT2D eigenvalue weighted by Gasteiger charge is -2.47. The maximum Gasteiger partial charge on any atom is 0.217 e. The first-order chi connectivity index (χ1) is 18.9. The van der Waals surface area contributed by atoms with Crippen LogP contribution in [0, 0.1) is 23.2 Å². The van der Waals surface area contributed by atoms with Gasteiger partial charge in [0.1, 0.15) is 6.07 Å². The van der Waals surface area contributed by atoms with Gasteiger partial charge >= 0.3 is 0 Å². The summed E-state index contributed by atoms with van der Waals surface area (Å²) >= 11 is 1.59. The Morgan fingerprint density at radius 3 is 2.67 bits per heavy atom. The molecule has 2 bridgehead atoms. The highest BCUT2D eigenvalue weighted by molar-refractivity contribution is 7.18. The Balaban J connectivity index is 1.29. The Morgan fingerprint density at radius 2 is 1.95 bits per heavy atom. The number of carbonyl (C=O) groups excluding carboxylic acids is 1. The van der Waals surface area contributed by atoms with Crippen LogP contribution in [0.3, 0.4) is 0 Å². The molecular weight excluding hydrogens is 510 g/mol. The van der Waals surface area contributed by atoms with Crippen molar-refractivity contribution in [3.8, 4) is 28.0 Å². The van der Waals surface area contributed by atoms with Crippen molar-refractivity contribution in [2.75, 3.05) is 23.3 Å². The van der Waals surface area contributed by atoms with Crippen LogP contribution in [0.4, 0.5) is 10.8 Å². The molecule has 1 aliphatic heterocycles. The first-order valence-electron chi connectivity index (χ1n) is 13.4. The number of anilines is 2. The maximum absolute atomic E-state index is 11.8. The molecule has 0 aromatic carbocycles. The highest BCUT2D eigenvalue weighted by Crippen LogP contribution is 2.40. The third-order valence-electron chi connectivity index (χ3n) is 7.60. The Bertz CT molecular complexity index is 1550. The van der Waals surface area contributed by atoms with Gasteiger partial charge in [0.2, 0.25) is 11.0 Å². The highest BCUT2D eigenvalue weighted by atomic mass is 32.1. The monoisotopic (exact) mass is 541 g/mol. The van der Waals surface area contributed by atoms with Crippen molar-refractivity contribution in [3.05, 3.63) is 42.2 Å². The van der Waals surface area contributed by atoms with Crippen molar-refractivity contribution in [3.63, 3.8) is 0 Å². The molecule has 5 heterocycles. The minimum absolute atomic E-state index is 0.0560. The molecule has 0 radical (unpaired) electrons. The van der Waals surface area contributed by atoms with E-state index in [0.717, 1.165) is 64.2 Å². The predicted octanol–water partition coefficient (Wildman–Crippen LogP) is 4.35. The van der Waals surface area contributed by atoms with E-state index >= 15 is 0 Å². The summed E-state index contributed by atoms with van der Waals surface area (Å²) in [5.41, 5.74) is 4.82. The minimum Gasteiger partial charge on any atom is -0.382 e. The van der Waals surface area contributed by atoms with Crippen molar-refractivity contribution < 1.29 is 4.79 Å². The van der Waals surface area contributed by atoms with Gasteiger partial charge in [0, 0.05) is 44.0 Å². The van der Waals surface area contributed by atoms with Crippen molar-refractivity contribution in [1.29, 1.82) is 5.26 Å². The Labute approximate surface area is 231 Å². The van der Waals surface area contributed by atoms with Crippen LogP contribution in [0.1, 0.15) is 45.6 Å². The maximum atomic E-state index is 11.8. The summed E-state index contributed by atoms with van der Waals surface area (Å²) in [6.45, 7) is 7.58. The lowest BCUT2D eigenvalue weighted by molar-refractivity contribution is -0.120. The highest BCUT2D eigenvalue weighted by Gasteiger charge is 2.40. The smallest absolute Gasteiger partial charge is 0.217 e. The van der Waals surface area contributed by atoms with E-state index in [1.165, 1.54) is 6.42 Å². The van der Waals surface area contributed by atoms with E-state index in [1.807, 2.05) is 30.5 Å². The number of amides is 1. The third kappa shape index (κ3) is 4.92. The van der Waals surface area contributed by atoms with Gasteiger partial charge in [0.25, 0.3) is 0 Å². The fourth-order valence-electron chi connectivity index (χ4n) is 5.97. The van der Waals surface area contributed by atoms with E-state index in [2.05, 4.69) is 50.7 Å². The molecule has 2 aliphatic rings. The molecule has 6 rings (SSSR count). The van der Waals surface area contributed by atoms with Crippen LogP contribution in [0.25, 0.3) is 27.5 Å². The van der Waals surface area contributed by atoms with Gasteiger partial charge in [-0.2, -0.15) is 10.4 Å². The normalized spacial score (nSPS) is 20.7. The number of carbonyl (C=O) groups is 1. The third-order valence-corrected chi connectivity index (χ3v) is 8.62. The number of nitriles is 1. The number of hydrogen-bond acceptors (Lipinski definition) is 9. The van der Waals surface area contributed by atoms with E-state index in [9.17, 15) is 10.1 Å². The number of nitrogens with one attached hydrogen (secondary N) is 2. The molecule has 1 amide bonds. The standard InChI is InChI=1S/C28H31N9OS/c1-16(2)32-23-10-24(25-8-7-21-9-18(11-29)12-31-37(21)25)30-13-22(23)27-34-35-28(39-27)36-14-19-5-4-6-20(15-36)26(19)33-17(3)38/h7-10,12-13,16,19-20,26H,4-6,14-15H2,1-3H3,(H,30,32)(H,33,38)/t19-,20+,26?. The minimum atomic E-state index is 0.0560. The molecular formula is C28H31N9OS. The first-order valence-corrected chi connectivity index (χ1v) is 14.2. The Morgan fingerprint density at radius 1 is 1.15 bits per heavy atom. The summed E-state index contributed by atoms with van der Waals surface area (Å²) in [6, 6.07) is 10.3. The molecule has 2 fully saturated rings. The van der Waals surface area contributed by atoms with Crippen LogP contribution < -0.4 is 15.5 Å². The molecule has 39 heavy (non-hydrogen) atoms. The summed E-state index contributed by atoms with van der Waals surface area (Å²) in [7, 11) is 0. The fourth-order valence-corrected chi connectivity index (χ4v) is 6.85. The van der Waals surface area contributed by atoms with Gasteiger partial charge in [-0.05, 0) is 62.8 Å². The van der Waals surface area contributed by atoms with Gasteiger partial charge in [0.05, 0.1) is 34.2 Å². The molecule has 1 saturated heterocycles. The average Bonchev–Trinajstić information content (AvgIpc) is 3.55. The predicted molar refractivity (Wildman–Crippen MR) is 151 cm³/mol. The average molecular weight is 542 g/mol. The van der Waals surface area contributed by atoms with Crippen molar-refractivity contribution in [2.24, 2.45) is 11.8 Å². The summed E-state index contributed by atoms with van der Waals surface area (Å²) in [5.74, 6) is 0.922. The number of rotatable bonds is 6. The number of aromatic nitrogens is 5. The van der Waals surface area contributed by atoms with Gasteiger partial charge in [-0.15, -0.1) is 10.2 Å². The van der Waals surface area contributed by atoms with Crippen LogP contribution in [0.2, 0.25) is 0 Å². The van der Waals surface area contributed by atoms with E-state index in [1.54, 1.807) is 29.0 Å². The molecule has 1 saturated carbocycles. The van der Waals surface area contributed by atoms with E-state index in [4.69, 9.17) is 4.98 Å². The molecule has 1 aliphatic carbocycles. The van der Waals surface area contributed by atoms with Gasteiger partial charge < -0.3 is 15.5 Å². The van der Waals surface area contributed by atoms with Crippen LogP contribution in [0.5, 0.6) is 0 Å². The number of pyridine rings is 1. The van der Waals surface area contributed by atoms with Crippen LogP contribution in [-0.4, -0.2) is 55.9 Å². The topological polar surface area (TPSA) is 124 Å². The second-order valence-electron chi connectivity index (χ2n) is 10.8. The molecule has 0 spiro atoms. The largest absolute Gasteiger partial charge is 0.382 e. The van der Waals surface area contributed by atoms with Crippen LogP contribution >= 0.6 is 11.3 Å². The lowest BCUT2D eigenvalue weighted by atomic mass is 9.73. The van der Waals surface area contributed by atoms with Gasteiger partial charge in [-0.1, -0.05) is 17.8 Å². The summed E-state index contributed by atoms with van der Waals surface area (Å²) in [6.07, 6.45) is 6.88. The second-order valence-corrected chi connectivity index (χ2v) is 11.8. The molecule has 200 valence electrons. The van der Waals surface area contributed by atoms with Crippen molar-refractivity contribution in [1.82, 2.24) is 30.1 Å². The Hall–Kier alpha value is -4.04. The molecule has 3 atom stereocenters. The number of piperidine rings is 1. The van der Waals surface area contributed by atoms with Crippen LogP contribution in [0.15, 0.2) is 36.7 Å². The zero-order chi connectivity index (χ0) is 27.1. The van der Waals surface area contributed by atoms with Gasteiger partial charge in [-0.3, -0.25) is 9.78 Å².